The molecular formula is C16H16S. The third-order valence-electron chi connectivity index (χ3n) is 3.44. The summed E-state index contributed by atoms with van der Waals surface area (Å²) in [7, 11) is 0. The Morgan fingerprint density at radius 2 is 1.82 bits per heavy atom. The summed E-state index contributed by atoms with van der Waals surface area (Å²) in [4.78, 5) is 0. The molecule has 0 unspecified atom stereocenters. The van der Waals surface area contributed by atoms with Gasteiger partial charge in [0.1, 0.15) is 0 Å². The lowest BCUT2D eigenvalue weighted by molar-refractivity contribution is 1.15. The third-order valence-corrected chi connectivity index (χ3v) is 4.55. The second-order valence-electron chi connectivity index (χ2n) is 4.43. The normalized spacial score (nSPS) is 11.4. The quantitative estimate of drug-likeness (QED) is 0.579. The molecule has 0 aliphatic rings. The number of hydrogen-bond donors (Lipinski definition) is 0. The zero-order valence-electron chi connectivity index (χ0n) is 10.3. The maximum absolute atomic E-state index is 2.35. The Balaban J connectivity index is 2.42. The van der Waals surface area contributed by atoms with Crippen molar-refractivity contribution in [2.24, 2.45) is 0 Å². The van der Waals surface area contributed by atoms with Crippen LogP contribution in [-0.2, 0) is 12.8 Å². The maximum Gasteiger partial charge on any atom is 0.0358 e. The van der Waals surface area contributed by atoms with Crippen LogP contribution in [0.15, 0.2) is 36.4 Å². The lowest BCUT2D eigenvalue weighted by Crippen LogP contribution is -1.81. The van der Waals surface area contributed by atoms with Gasteiger partial charge in [0.15, 0.2) is 0 Å². The lowest BCUT2D eigenvalue weighted by Gasteiger charge is -2.00. The van der Waals surface area contributed by atoms with Gasteiger partial charge < -0.3 is 0 Å². The molecule has 0 bridgehead atoms. The van der Waals surface area contributed by atoms with Gasteiger partial charge in [0.05, 0.1) is 0 Å². The summed E-state index contributed by atoms with van der Waals surface area (Å²) in [5.41, 5.74) is 2.90. The molecule has 0 saturated heterocycles. The molecule has 1 heteroatoms. The molecular weight excluding hydrogens is 224 g/mol. The van der Waals surface area contributed by atoms with Crippen molar-refractivity contribution in [1.82, 2.24) is 0 Å². The summed E-state index contributed by atoms with van der Waals surface area (Å²) in [6.45, 7) is 4.45. The Kier molecular flexibility index (Phi) is 2.64. The van der Waals surface area contributed by atoms with Crippen LogP contribution in [0.3, 0.4) is 0 Å². The van der Waals surface area contributed by atoms with Gasteiger partial charge >= 0.3 is 0 Å². The molecule has 0 atom stereocenters. The Bertz CT molecular complexity index is 676. The average molecular weight is 240 g/mol. The van der Waals surface area contributed by atoms with Crippen molar-refractivity contribution in [1.29, 1.82) is 0 Å². The summed E-state index contributed by atoms with van der Waals surface area (Å²) < 4.78 is 2.85. The maximum atomic E-state index is 2.35. The van der Waals surface area contributed by atoms with Gasteiger partial charge in [-0.05, 0) is 36.1 Å². The highest BCUT2D eigenvalue weighted by Crippen LogP contribution is 2.36. The Hall–Kier alpha value is -1.34. The van der Waals surface area contributed by atoms with Crippen LogP contribution in [0.25, 0.3) is 20.2 Å². The number of rotatable bonds is 2. The zero-order valence-corrected chi connectivity index (χ0v) is 11.1. The van der Waals surface area contributed by atoms with Gasteiger partial charge in [-0.1, -0.05) is 38.1 Å². The molecule has 0 N–H and O–H groups in total. The third kappa shape index (κ3) is 1.66. The molecule has 1 aromatic heterocycles. The van der Waals surface area contributed by atoms with Crippen LogP contribution >= 0.6 is 11.3 Å². The smallest absolute Gasteiger partial charge is 0.0358 e. The predicted molar refractivity (Wildman–Crippen MR) is 78.1 cm³/mol. The highest BCUT2D eigenvalue weighted by atomic mass is 32.1. The van der Waals surface area contributed by atoms with Crippen LogP contribution < -0.4 is 0 Å². The zero-order chi connectivity index (χ0) is 11.8. The van der Waals surface area contributed by atoms with E-state index in [0.717, 1.165) is 12.8 Å². The Morgan fingerprint density at radius 1 is 0.941 bits per heavy atom. The van der Waals surface area contributed by atoms with E-state index in [1.54, 1.807) is 0 Å². The largest absolute Gasteiger partial charge is 0.135 e. The van der Waals surface area contributed by atoms with Gasteiger partial charge in [-0.3, -0.25) is 0 Å². The fourth-order valence-corrected chi connectivity index (χ4v) is 3.68. The van der Waals surface area contributed by atoms with Crippen LogP contribution in [0, 0.1) is 0 Å². The van der Waals surface area contributed by atoms with Gasteiger partial charge in [-0.15, -0.1) is 11.3 Å². The van der Waals surface area contributed by atoms with Gasteiger partial charge in [0, 0.05) is 20.2 Å². The van der Waals surface area contributed by atoms with E-state index in [1.165, 1.54) is 31.3 Å². The van der Waals surface area contributed by atoms with Crippen LogP contribution in [0.1, 0.15) is 25.0 Å². The second-order valence-corrected chi connectivity index (χ2v) is 5.51. The molecule has 0 spiro atoms. The van der Waals surface area contributed by atoms with Crippen molar-refractivity contribution in [3.05, 3.63) is 47.5 Å². The van der Waals surface area contributed by atoms with Crippen molar-refractivity contribution in [3.8, 4) is 0 Å². The van der Waals surface area contributed by atoms with Crippen molar-refractivity contribution >= 4 is 31.5 Å². The monoisotopic (exact) mass is 240 g/mol. The summed E-state index contributed by atoms with van der Waals surface area (Å²) in [5.74, 6) is 0. The highest BCUT2D eigenvalue weighted by molar-refractivity contribution is 7.25. The molecule has 2 aromatic carbocycles. The van der Waals surface area contributed by atoms with Gasteiger partial charge in [0.2, 0.25) is 0 Å². The van der Waals surface area contributed by atoms with E-state index in [9.17, 15) is 0 Å². The fraction of sp³-hybridized carbons (Fsp3) is 0.250. The number of thiophene rings is 1. The molecule has 0 amide bonds. The Labute approximate surface area is 106 Å². The van der Waals surface area contributed by atoms with Gasteiger partial charge in [0.25, 0.3) is 0 Å². The van der Waals surface area contributed by atoms with E-state index < -0.39 is 0 Å². The van der Waals surface area contributed by atoms with Crippen molar-refractivity contribution < 1.29 is 0 Å². The van der Waals surface area contributed by atoms with Crippen molar-refractivity contribution in [3.63, 3.8) is 0 Å². The highest BCUT2D eigenvalue weighted by Gasteiger charge is 2.08. The van der Waals surface area contributed by atoms with Gasteiger partial charge in [-0.2, -0.15) is 0 Å². The van der Waals surface area contributed by atoms with Crippen molar-refractivity contribution in [2.75, 3.05) is 0 Å². The van der Waals surface area contributed by atoms with Crippen molar-refractivity contribution in [2.45, 2.75) is 26.7 Å². The fourth-order valence-electron chi connectivity index (χ4n) is 2.46. The predicted octanol–water partition coefficient (Wildman–Crippen LogP) is 5.18. The Morgan fingerprint density at radius 3 is 2.59 bits per heavy atom. The second kappa shape index (κ2) is 4.15. The first-order valence-corrected chi connectivity index (χ1v) is 7.08. The van der Waals surface area contributed by atoms with E-state index >= 15 is 0 Å². The molecule has 0 aliphatic heterocycles. The van der Waals surface area contributed by atoms with E-state index in [1.807, 2.05) is 11.3 Å². The number of fused-ring (bicyclic) bond motifs is 3. The molecule has 3 rings (SSSR count). The van der Waals surface area contributed by atoms with E-state index in [2.05, 4.69) is 50.2 Å². The standard InChI is InChI=1S/C16H16S/c1-3-11-8-9-13-15(10-11)17-14-7-5-6-12(4-2)16(13)14/h5-10H,3-4H2,1-2H3. The molecule has 0 fully saturated rings. The molecule has 0 aliphatic carbocycles. The first-order chi connectivity index (χ1) is 8.33. The molecule has 0 nitrogen and oxygen atoms in total. The summed E-state index contributed by atoms with van der Waals surface area (Å²) in [6, 6.07) is 13.6. The van der Waals surface area contributed by atoms with E-state index in [-0.39, 0.29) is 0 Å². The minimum absolute atomic E-state index is 1.11. The number of benzene rings is 2. The molecule has 0 radical (unpaired) electrons. The first kappa shape index (κ1) is 10.8. The summed E-state index contributed by atoms with van der Waals surface area (Å²) >= 11 is 1.92. The topological polar surface area (TPSA) is 0 Å². The minimum atomic E-state index is 1.11. The molecule has 17 heavy (non-hydrogen) atoms. The molecule has 86 valence electrons. The molecule has 1 heterocycles. The van der Waals surface area contributed by atoms with E-state index in [0.29, 0.717) is 0 Å². The average Bonchev–Trinajstić information content (AvgIpc) is 2.75. The SMILES string of the molecule is CCc1ccc2c(c1)sc1cccc(CC)c12. The molecule has 0 saturated carbocycles. The van der Waals surface area contributed by atoms with Crippen LogP contribution in [0.4, 0.5) is 0 Å². The van der Waals surface area contributed by atoms with Gasteiger partial charge in [-0.25, -0.2) is 0 Å². The summed E-state index contributed by atoms with van der Waals surface area (Å²) in [6.07, 6.45) is 2.23. The number of aryl methyl sites for hydroxylation is 2. The first-order valence-electron chi connectivity index (χ1n) is 6.26. The van der Waals surface area contributed by atoms with Crippen LogP contribution in [0.5, 0.6) is 0 Å². The van der Waals surface area contributed by atoms with E-state index in [4.69, 9.17) is 0 Å². The minimum Gasteiger partial charge on any atom is -0.135 e. The lowest BCUT2D eigenvalue weighted by atomic mass is 10.0. The number of hydrogen-bond acceptors (Lipinski definition) is 1. The van der Waals surface area contributed by atoms with Crippen LogP contribution in [-0.4, -0.2) is 0 Å². The molecule has 3 aromatic rings. The summed E-state index contributed by atoms with van der Waals surface area (Å²) in [5, 5.41) is 2.90. The van der Waals surface area contributed by atoms with Crippen LogP contribution in [0.2, 0.25) is 0 Å².